The summed E-state index contributed by atoms with van der Waals surface area (Å²) in [6.07, 6.45) is -0.0259. The average Bonchev–Trinajstić information content (AvgIpc) is 1.98. The van der Waals surface area contributed by atoms with Gasteiger partial charge in [0, 0.05) is 0 Å². The lowest BCUT2D eigenvalue weighted by molar-refractivity contribution is -0.138. The van der Waals surface area contributed by atoms with Crippen LogP contribution >= 0.6 is 0 Å². The molecule has 0 aliphatic heterocycles. The van der Waals surface area contributed by atoms with Gasteiger partial charge in [-0.05, 0) is 19.8 Å². The molecule has 0 radical (unpaired) electrons. The molecule has 0 amide bonds. The zero-order valence-corrected chi connectivity index (χ0v) is 7.16. The summed E-state index contributed by atoms with van der Waals surface area (Å²) in [5.41, 5.74) is 5.86. The van der Waals surface area contributed by atoms with Crippen LogP contribution in [0.5, 0.6) is 0 Å². The van der Waals surface area contributed by atoms with E-state index in [9.17, 15) is 9.90 Å². The van der Waals surface area contributed by atoms with E-state index in [0.717, 1.165) is 0 Å². The van der Waals surface area contributed by atoms with Gasteiger partial charge in [-0.25, -0.2) is 0 Å². The van der Waals surface area contributed by atoms with E-state index in [1.165, 1.54) is 0 Å². The molecule has 70 valence electrons. The molecule has 2 atom stereocenters. The molecule has 0 aliphatic carbocycles. The van der Waals surface area contributed by atoms with Gasteiger partial charge in [0.15, 0.2) is 0 Å². The van der Waals surface area contributed by atoms with Crippen LogP contribution in [0, 0.1) is 0 Å². The van der Waals surface area contributed by atoms with Crippen molar-refractivity contribution >= 4 is 5.97 Å². The van der Waals surface area contributed by atoms with Crippen molar-refractivity contribution in [3.8, 4) is 0 Å². The van der Waals surface area contributed by atoms with Crippen molar-refractivity contribution in [1.82, 2.24) is 0 Å². The van der Waals surface area contributed by atoms with E-state index in [1.807, 2.05) is 0 Å². The standard InChI is InChI=1S/C8H15NO3/c1-5(2)7(10)4-3-6(9)8(11)12/h6-7,10H,1,3-4,9H2,2H3,(H,11,12). The van der Waals surface area contributed by atoms with Gasteiger partial charge in [-0.3, -0.25) is 4.79 Å². The number of aliphatic hydroxyl groups excluding tert-OH is 1. The number of hydrogen-bond acceptors (Lipinski definition) is 3. The summed E-state index contributed by atoms with van der Waals surface area (Å²) in [6.45, 7) is 5.23. The molecular weight excluding hydrogens is 158 g/mol. The zero-order valence-electron chi connectivity index (χ0n) is 7.16. The van der Waals surface area contributed by atoms with Gasteiger partial charge in [0.1, 0.15) is 6.04 Å². The SMILES string of the molecule is C=C(C)C(O)CCC(N)C(=O)O. The molecule has 12 heavy (non-hydrogen) atoms. The third kappa shape index (κ3) is 4.10. The lowest BCUT2D eigenvalue weighted by Gasteiger charge is -2.11. The van der Waals surface area contributed by atoms with Gasteiger partial charge in [-0.1, -0.05) is 12.2 Å². The number of carboxylic acids is 1. The number of nitrogens with two attached hydrogens (primary N) is 1. The molecule has 0 aromatic rings. The topological polar surface area (TPSA) is 83.5 Å². The first-order valence-electron chi connectivity index (χ1n) is 3.77. The van der Waals surface area contributed by atoms with E-state index >= 15 is 0 Å². The van der Waals surface area contributed by atoms with Crippen LogP contribution in [0.15, 0.2) is 12.2 Å². The summed E-state index contributed by atoms with van der Waals surface area (Å²) in [5, 5.41) is 17.6. The minimum atomic E-state index is -1.04. The number of rotatable bonds is 5. The molecule has 0 spiro atoms. The Morgan fingerprint density at radius 1 is 1.58 bits per heavy atom. The second kappa shape index (κ2) is 4.90. The highest BCUT2D eigenvalue weighted by Gasteiger charge is 2.13. The molecule has 0 heterocycles. The van der Waals surface area contributed by atoms with Crippen LogP contribution in [0.25, 0.3) is 0 Å². The Morgan fingerprint density at radius 2 is 2.08 bits per heavy atom. The van der Waals surface area contributed by atoms with Crippen LogP contribution in [0.4, 0.5) is 0 Å². The fraction of sp³-hybridized carbons (Fsp3) is 0.625. The van der Waals surface area contributed by atoms with Crippen LogP contribution < -0.4 is 5.73 Å². The minimum Gasteiger partial charge on any atom is -0.480 e. The number of carboxylic acid groups (broad SMARTS) is 1. The van der Waals surface area contributed by atoms with Crippen molar-refractivity contribution in [1.29, 1.82) is 0 Å². The normalized spacial score (nSPS) is 15.2. The molecule has 0 saturated carbocycles. The molecule has 4 heteroatoms. The quantitative estimate of drug-likeness (QED) is 0.515. The van der Waals surface area contributed by atoms with Crippen molar-refractivity contribution in [2.24, 2.45) is 5.73 Å². The van der Waals surface area contributed by atoms with Gasteiger partial charge in [0.05, 0.1) is 6.10 Å². The van der Waals surface area contributed by atoms with Crippen LogP contribution in [-0.4, -0.2) is 28.3 Å². The molecule has 0 aromatic heterocycles. The maximum absolute atomic E-state index is 10.3. The predicted octanol–water partition coefficient (Wildman–Crippen LogP) is 0.115. The highest BCUT2D eigenvalue weighted by molar-refractivity contribution is 5.72. The smallest absolute Gasteiger partial charge is 0.320 e. The molecule has 0 aliphatic rings. The van der Waals surface area contributed by atoms with Crippen LogP contribution in [-0.2, 0) is 4.79 Å². The summed E-state index contributed by atoms with van der Waals surface area (Å²) in [5.74, 6) is -1.04. The van der Waals surface area contributed by atoms with E-state index in [1.54, 1.807) is 6.92 Å². The van der Waals surface area contributed by atoms with Crippen molar-refractivity contribution in [2.45, 2.75) is 31.9 Å². The highest BCUT2D eigenvalue weighted by atomic mass is 16.4. The highest BCUT2D eigenvalue weighted by Crippen LogP contribution is 2.06. The van der Waals surface area contributed by atoms with Crippen LogP contribution in [0.1, 0.15) is 19.8 Å². The van der Waals surface area contributed by atoms with E-state index in [2.05, 4.69) is 6.58 Å². The van der Waals surface area contributed by atoms with E-state index < -0.39 is 18.1 Å². The lowest BCUT2D eigenvalue weighted by Crippen LogP contribution is -2.31. The first kappa shape index (κ1) is 11.1. The fourth-order valence-corrected chi connectivity index (χ4v) is 0.707. The number of aliphatic carboxylic acids is 1. The Balaban J connectivity index is 3.68. The van der Waals surface area contributed by atoms with E-state index in [0.29, 0.717) is 12.0 Å². The molecule has 0 aromatic carbocycles. The maximum Gasteiger partial charge on any atom is 0.320 e. The second-order valence-electron chi connectivity index (χ2n) is 2.88. The van der Waals surface area contributed by atoms with Crippen molar-refractivity contribution < 1.29 is 15.0 Å². The molecule has 0 saturated heterocycles. The second-order valence-corrected chi connectivity index (χ2v) is 2.88. The summed E-state index contributed by atoms with van der Waals surface area (Å²) in [4.78, 5) is 10.3. The molecule has 4 N–H and O–H groups in total. The van der Waals surface area contributed by atoms with Gasteiger partial charge >= 0.3 is 5.97 Å². The Hall–Kier alpha value is -0.870. The van der Waals surface area contributed by atoms with E-state index in [4.69, 9.17) is 10.8 Å². The first-order chi connectivity index (χ1) is 5.45. The monoisotopic (exact) mass is 173 g/mol. The molecule has 0 rings (SSSR count). The van der Waals surface area contributed by atoms with Crippen molar-refractivity contribution in [3.05, 3.63) is 12.2 Å². The van der Waals surface area contributed by atoms with Gasteiger partial charge in [0.25, 0.3) is 0 Å². The Kier molecular flexibility index (Phi) is 4.54. The number of hydrogen-bond donors (Lipinski definition) is 3. The lowest BCUT2D eigenvalue weighted by atomic mass is 10.0. The Labute approximate surface area is 71.7 Å². The maximum atomic E-state index is 10.3. The minimum absolute atomic E-state index is 0.267. The predicted molar refractivity (Wildman–Crippen MR) is 45.7 cm³/mol. The molecular formula is C8H15NO3. The average molecular weight is 173 g/mol. The zero-order chi connectivity index (χ0) is 9.72. The van der Waals surface area contributed by atoms with Gasteiger partial charge in [-0.15, -0.1) is 0 Å². The Morgan fingerprint density at radius 3 is 2.42 bits per heavy atom. The van der Waals surface area contributed by atoms with Crippen molar-refractivity contribution in [3.63, 3.8) is 0 Å². The molecule has 4 nitrogen and oxygen atoms in total. The van der Waals surface area contributed by atoms with Gasteiger partial charge in [-0.2, -0.15) is 0 Å². The summed E-state index contributed by atoms with van der Waals surface area (Å²) < 4.78 is 0. The Bertz CT molecular complexity index is 159. The fourth-order valence-electron chi connectivity index (χ4n) is 0.707. The van der Waals surface area contributed by atoms with Crippen molar-refractivity contribution in [2.75, 3.05) is 0 Å². The van der Waals surface area contributed by atoms with Crippen LogP contribution in [0.2, 0.25) is 0 Å². The third-order valence-corrected chi connectivity index (χ3v) is 1.64. The largest absolute Gasteiger partial charge is 0.480 e. The first-order valence-corrected chi connectivity index (χ1v) is 3.77. The summed E-state index contributed by atoms with van der Waals surface area (Å²) >= 11 is 0. The van der Waals surface area contributed by atoms with E-state index in [-0.39, 0.29) is 6.42 Å². The summed E-state index contributed by atoms with van der Waals surface area (Å²) in [7, 11) is 0. The van der Waals surface area contributed by atoms with Gasteiger partial charge in [0.2, 0.25) is 0 Å². The van der Waals surface area contributed by atoms with Crippen LogP contribution in [0.3, 0.4) is 0 Å². The molecule has 0 fully saturated rings. The molecule has 2 unspecified atom stereocenters. The molecule has 0 bridgehead atoms. The number of aliphatic hydroxyl groups is 1. The number of carbonyl (C=O) groups is 1. The van der Waals surface area contributed by atoms with Gasteiger partial charge < -0.3 is 15.9 Å². The third-order valence-electron chi connectivity index (χ3n) is 1.64. The summed E-state index contributed by atoms with van der Waals surface area (Å²) in [6, 6.07) is -0.890.